The van der Waals surface area contributed by atoms with E-state index < -0.39 is 30.3 Å². The lowest BCUT2D eigenvalue weighted by Crippen LogP contribution is -2.50. The quantitative estimate of drug-likeness (QED) is 0.171. The highest BCUT2D eigenvalue weighted by Crippen LogP contribution is 2.35. The Hall–Kier alpha value is -4.84. The number of aliphatic hydroxyl groups excluding tert-OH is 1. The van der Waals surface area contributed by atoms with Gasteiger partial charge in [-0.1, -0.05) is 17.7 Å². The standard InChI is InChI=1S/C37H43ClF4N8O5/c1-21-31(22(2)50(45-21)16-17-55-37(41)42)27-10-9-26(32(39)33(27)40)29-19-43-34(47(29)5)35(53)44-23-6-8-25(28(38)18-23)36(54)49-14-12-48(13-15-49)30(52)11-7-24(51)20-46(3)4/h6,8-10,18-19,24,37,51H,7,11-17,20H2,1-5H3,(H,44,53)/t24-/m1/s1. The Balaban J connectivity index is 1.22. The van der Waals surface area contributed by atoms with Gasteiger partial charge in [0.05, 0.1) is 47.4 Å². The Kier molecular flexibility index (Phi) is 13.3. The zero-order valence-corrected chi connectivity index (χ0v) is 31.8. The van der Waals surface area contributed by atoms with E-state index in [0.29, 0.717) is 56.1 Å². The third-order valence-corrected chi connectivity index (χ3v) is 9.70. The third-order valence-electron chi connectivity index (χ3n) is 9.39. The normalized spacial score (nSPS) is 13.9. The van der Waals surface area contributed by atoms with Crippen molar-refractivity contribution in [2.24, 2.45) is 7.05 Å². The predicted molar refractivity (Wildman–Crippen MR) is 197 cm³/mol. The van der Waals surface area contributed by atoms with Crippen LogP contribution < -0.4 is 5.32 Å². The second kappa shape index (κ2) is 17.7. The highest BCUT2D eigenvalue weighted by Gasteiger charge is 2.28. The molecule has 1 atom stereocenters. The first-order valence-corrected chi connectivity index (χ1v) is 17.9. The van der Waals surface area contributed by atoms with Gasteiger partial charge < -0.3 is 34.4 Å². The van der Waals surface area contributed by atoms with Gasteiger partial charge in [-0.15, -0.1) is 0 Å². The summed E-state index contributed by atoms with van der Waals surface area (Å²) in [5.74, 6) is -3.55. The van der Waals surface area contributed by atoms with Crippen molar-refractivity contribution in [3.8, 4) is 22.4 Å². The van der Waals surface area contributed by atoms with Gasteiger partial charge in [-0.3, -0.25) is 19.1 Å². The van der Waals surface area contributed by atoms with Gasteiger partial charge in [-0.2, -0.15) is 13.9 Å². The fraction of sp³-hybridized carbons (Fsp3) is 0.432. The van der Waals surface area contributed by atoms with E-state index in [4.69, 9.17) is 11.6 Å². The maximum Gasteiger partial charge on any atom is 0.345 e. The molecule has 1 aliphatic rings. The minimum absolute atomic E-state index is 0.0126. The lowest BCUT2D eigenvalue weighted by molar-refractivity contribution is -0.133. The molecule has 55 heavy (non-hydrogen) atoms. The first kappa shape index (κ1) is 41.3. The maximum absolute atomic E-state index is 15.6. The number of nitrogens with one attached hydrogen (secondary N) is 1. The van der Waals surface area contributed by atoms with Crippen molar-refractivity contribution in [3.05, 3.63) is 76.0 Å². The average molecular weight is 791 g/mol. The van der Waals surface area contributed by atoms with Crippen molar-refractivity contribution in [3.63, 3.8) is 0 Å². The number of carbonyl (C=O) groups is 3. The zero-order chi connectivity index (χ0) is 40.1. The van der Waals surface area contributed by atoms with E-state index in [1.165, 1.54) is 52.8 Å². The van der Waals surface area contributed by atoms with Gasteiger partial charge in [0.15, 0.2) is 17.5 Å². The number of piperazine rings is 1. The van der Waals surface area contributed by atoms with Crippen molar-refractivity contribution in [1.82, 2.24) is 34.0 Å². The second-order valence-electron chi connectivity index (χ2n) is 13.5. The Morgan fingerprint density at radius 2 is 1.67 bits per heavy atom. The van der Waals surface area contributed by atoms with Crippen LogP contribution in [-0.4, -0.2) is 123 Å². The molecule has 296 valence electrons. The molecule has 0 aliphatic carbocycles. The largest absolute Gasteiger partial charge is 0.392 e. The number of nitrogens with zero attached hydrogens (tertiary/aromatic N) is 7. The number of rotatable bonds is 14. The molecule has 1 aliphatic heterocycles. The summed E-state index contributed by atoms with van der Waals surface area (Å²) in [6.45, 7) is 1.71. The average Bonchev–Trinajstić information content (AvgIpc) is 3.65. The van der Waals surface area contributed by atoms with E-state index in [2.05, 4.69) is 20.1 Å². The van der Waals surface area contributed by atoms with E-state index in [0.717, 1.165) is 0 Å². The molecule has 3 amide bonds. The SMILES string of the molecule is Cc1nn(CCOC(F)F)c(C)c1-c1ccc(-c2cnc(C(=O)Nc3ccc(C(=O)N4CCN(C(=O)CC[C@@H](O)CN(C)C)CC4)c(Cl)c3)n2C)c(F)c1F. The molecule has 2 aromatic carbocycles. The lowest BCUT2D eigenvalue weighted by Gasteiger charge is -2.35. The molecular formula is C37H43ClF4N8O5. The number of aromatic nitrogens is 4. The van der Waals surface area contributed by atoms with Gasteiger partial charge in [0.2, 0.25) is 5.91 Å². The Bertz CT molecular complexity index is 2050. The van der Waals surface area contributed by atoms with Gasteiger partial charge in [-0.05, 0) is 58.6 Å². The summed E-state index contributed by atoms with van der Waals surface area (Å²) in [6, 6.07) is 7.14. The molecule has 0 saturated carbocycles. The minimum Gasteiger partial charge on any atom is -0.392 e. The molecule has 1 saturated heterocycles. The predicted octanol–water partition coefficient (Wildman–Crippen LogP) is 4.98. The molecule has 2 aromatic heterocycles. The Labute approximate surface area is 320 Å². The number of hydrogen-bond acceptors (Lipinski definition) is 8. The molecule has 3 heterocycles. The number of likely N-dealkylation sites (N-methyl/N-ethyl adjacent to an activating group) is 1. The molecular weight excluding hydrogens is 748 g/mol. The summed E-state index contributed by atoms with van der Waals surface area (Å²) in [4.78, 5) is 48.5. The van der Waals surface area contributed by atoms with Gasteiger partial charge >= 0.3 is 6.61 Å². The number of aliphatic hydroxyl groups is 1. The van der Waals surface area contributed by atoms with Gasteiger partial charge in [0.25, 0.3) is 11.8 Å². The smallest absolute Gasteiger partial charge is 0.345 e. The van der Waals surface area contributed by atoms with Gasteiger partial charge in [0.1, 0.15) is 0 Å². The highest BCUT2D eigenvalue weighted by atomic mass is 35.5. The van der Waals surface area contributed by atoms with E-state index in [9.17, 15) is 28.3 Å². The number of imidazole rings is 1. The molecule has 1 fully saturated rings. The highest BCUT2D eigenvalue weighted by molar-refractivity contribution is 6.34. The van der Waals surface area contributed by atoms with Crippen LogP contribution in [0.25, 0.3) is 22.4 Å². The Morgan fingerprint density at radius 3 is 2.33 bits per heavy atom. The number of aryl methyl sites for hydroxylation is 1. The first-order chi connectivity index (χ1) is 26.1. The van der Waals surface area contributed by atoms with E-state index in [1.54, 1.807) is 23.6 Å². The summed E-state index contributed by atoms with van der Waals surface area (Å²) >= 11 is 6.49. The molecule has 0 radical (unpaired) electrons. The molecule has 13 nitrogen and oxygen atoms in total. The van der Waals surface area contributed by atoms with Crippen LogP contribution in [0, 0.1) is 25.5 Å². The van der Waals surface area contributed by atoms with Crippen LogP contribution in [0.4, 0.5) is 23.2 Å². The van der Waals surface area contributed by atoms with Crippen molar-refractivity contribution in [2.45, 2.75) is 45.9 Å². The van der Waals surface area contributed by atoms with E-state index >= 15 is 8.78 Å². The fourth-order valence-corrected chi connectivity index (χ4v) is 6.85. The summed E-state index contributed by atoms with van der Waals surface area (Å²) in [5, 5.41) is 17.1. The van der Waals surface area contributed by atoms with Crippen LogP contribution in [0.1, 0.15) is 45.2 Å². The van der Waals surface area contributed by atoms with Crippen LogP contribution in [0.15, 0.2) is 36.5 Å². The molecule has 5 rings (SSSR count). The summed E-state index contributed by atoms with van der Waals surface area (Å²) in [6.07, 6.45) is 1.20. The summed E-state index contributed by atoms with van der Waals surface area (Å²) in [7, 11) is 5.16. The van der Waals surface area contributed by atoms with Crippen molar-refractivity contribution in [1.29, 1.82) is 0 Å². The first-order valence-electron chi connectivity index (χ1n) is 17.5. The fourth-order valence-electron chi connectivity index (χ4n) is 6.59. The molecule has 4 aromatic rings. The molecule has 0 bridgehead atoms. The number of carbonyl (C=O) groups excluding carboxylic acids is 3. The number of alkyl halides is 2. The summed E-state index contributed by atoms with van der Waals surface area (Å²) in [5.41, 5.74) is 1.48. The van der Waals surface area contributed by atoms with Crippen molar-refractivity contribution < 1.29 is 41.8 Å². The van der Waals surface area contributed by atoms with E-state index in [1.807, 2.05) is 19.0 Å². The minimum atomic E-state index is -2.94. The van der Waals surface area contributed by atoms with Crippen LogP contribution in [0.3, 0.4) is 0 Å². The molecule has 2 N–H and O–H groups in total. The van der Waals surface area contributed by atoms with Crippen molar-refractivity contribution in [2.75, 3.05) is 58.7 Å². The van der Waals surface area contributed by atoms with Crippen LogP contribution >= 0.6 is 11.6 Å². The number of anilines is 1. The number of ether oxygens (including phenoxy) is 1. The maximum atomic E-state index is 15.6. The number of halogens is 5. The number of hydrogen-bond donors (Lipinski definition) is 2. The van der Waals surface area contributed by atoms with Crippen LogP contribution in [0.5, 0.6) is 0 Å². The van der Waals surface area contributed by atoms with Crippen LogP contribution in [0.2, 0.25) is 5.02 Å². The summed E-state index contributed by atoms with van der Waals surface area (Å²) < 4.78 is 63.1. The topological polar surface area (TPSA) is 138 Å². The van der Waals surface area contributed by atoms with Crippen molar-refractivity contribution >= 4 is 35.0 Å². The van der Waals surface area contributed by atoms with Crippen LogP contribution in [-0.2, 0) is 23.1 Å². The lowest BCUT2D eigenvalue weighted by atomic mass is 10.00. The third kappa shape index (κ3) is 9.52. The molecule has 0 spiro atoms. The molecule has 18 heteroatoms. The van der Waals surface area contributed by atoms with Gasteiger partial charge in [-0.25, -0.2) is 13.8 Å². The number of benzene rings is 2. The second-order valence-corrected chi connectivity index (χ2v) is 13.9. The number of amides is 3. The monoisotopic (exact) mass is 790 g/mol. The molecule has 0 unspecified atom stereocenters. The van der Waals surface area contributed by atoms with Gasteiger partial charge in [0, 0.05) is 74.3 Å². The van der Waals surface area contributed by atoms with E-state index in [-0.39, 0.29) is 70.3 Å². The zero-order valence-electron chi connectivity index (χ0n) is 31.1. The Morgan fingerprint density at radius 1 is 1.02 bits per heavy atom.